The Bertz CT molecular complexity index is 716. The van der Waals surface area contributed by atoms with Gasteiger partial charge in [0, 0.05) is 11.6 Å². The number of hydrazine groups is 1. The monoisotopic (exact) mass is 322 g/mol. The molecule has 0 fully saturated rings. The van der Waals surface area contributed by atoms with Gasteiger partial charge in [-0.05, 0) is 44.5 Å². The van der Waals surface area contributed by atoms with Crippen molar-refractivity contribution in [1.29, 1.82) is 0 Å². The van der Waals surface area contributed by atoms with Crippen LogP contribution in [0.4, 0.5) is 0 Å². The molecule has 124 valence electrons. The second kappa shape index (κ2) is 7.59. The summed E-state index contributed by atoms with van der Waals surface area (Å²) in [5.41, 5.74) is 3.58. The van der Waals surface area contributed by atoms with E-state index in [0.717, 1.165) is 5.56 Å². The molecule has 0 aliphatic carbocycles. The van der Waals surface area contributed by atoms with Crippen molar-refractivity contribution in [2.24, 2.45) is 0 Å². The van der Waals surface area contributed by atoms with E-state index in [9.17, 15) is 9.59 Å². The molecule has 0 radical (unpaired) electrons. The zero-order valence-electron chi connectivity index (χ0n) is 14.2. The van der Waals surface area contributed by atoms with Gasteiger partial charge in [-0.1, -0.05) is 48.5 Å². The highest BCUT2D eigenvalue weighted by molar-refractivity contribution is 5.98. The van der Waals surface area contributed by atoms with Crippen LogP contribution in [0.3, 0.4) is 0 Å². The normalized spacial score (nSPS) is 11.3. The first-order chi connectivity index (χ1) is 11.4. The van der Waals surface area contributed by atoms with Crippen LogP contribution in [0.25, 0.3) is 6.08 Å². The zero-order chi connectivity index (χ0) is 17.6. The van der Waals surface area contributed by atoms with Crippen LogP contribution < -0.4 is 5.43 Å². The molecule has 0 bridgehead atoms. The summed E-state index contributed by atoms with van der Waals surface area (Å²) >= 11 is 0. The van der Waals surface area contributed by atoms with Crippen LogP contribution in [0.1, 0.15) is 36.7 Å². The molecule has 0 aliphatic heterocycles. The first kappa shape index (κ1) is 17.5. The summed E-state index contributed by atoms with van der Waals surface area (Å²) in [5.74, 6) is -0.595. The van der Waals surface area contributed by atoms with Crippen LogP contribution >= 0.6 is 0 Å². The second-order valence-electron chi connectivity index (χ2n) is 6.40. The fourth-order valence-electron chi connectivity index (χ4n) is 2.12. The van der Waals surface area contributed by atoms with Crippen molar-refractivity contribution in [3.63, 3.8) is 0 Å². The molecule has 0 unspecified atom stereocenters. The Hall–Kier alpha value is -2.88. The molecule has 4 nitrogen and oxygen atoms in total. The molecular formula is C20H22N2O2. The van der Waals surface area contributed by atoms with Crippen molar-refractivity contribution in [1.82, 2.24) is 10.4 Å². The lowest BCUT2D eigenvalue weighted by molar-refractivity contribution is -0.133. The molecule has 2 amide bonds. The molecule has 0 saturated carbocycles. The molecule has 2 rings (SSSR count). The van der Waals surface area contributed by atoms with E-state index < -0.39 is 5.54 Å². The van der Waals surface area contributed by atoms with E-state index in [1.165, 1.54) is 11.1 Å². The average molecular weight is 322 g/mol. The fourth-order valence-corrected chi connectivity index (χ4v) is 2.12. The van der Waals surface area contributed by atoms with Crippen LogP contribution in [0.15, 0.2) is 66.7 Å². The van der Waals surface area contributed by atoms with Gasteiger partial charge in [-0.15, -0.1) is 0 Å². The largest absolute Gasteiger partial charge is 0.269 e. The molecule has 2 aromatic carbocycles. The summed E-state index contributed by atoms with van der Waals surface area (Å²) in [5, 5.41) is 1.35. The van der Waals surface area contributed by atoms with Gasteiger partial charge in [0.05, 0.1) is 5.54 Å². The van der Waals surface area contributed by atoms with Gasteiger partial charge in [0.15, 0.2) is 0 Å². The van der Waals surface area contributed by atoms with E-state index in [1.54, 1.807) is 30.3 Å². The van der Waals surface area contributed by atoms with Gasteiger partial charge in [-0.2, -0.15) is 0 Å². The van der Waals surface area contributed by atoms with E-state index in [1.807, 2.05) is 57.2 Å². The van der Waals surface area contributed by atoms with E-state index in [0.29, 0.717) is 5.56 Å². The molecule has 4 heteroatoms. The number of nitrogens with one attached hydrogen (secondary N) is 1. The Morgan fingerprint density at radius 1 is 0.917 bits per heavy atom. The van der Waals surface area contributed by atoms with Crippen molar-refractivity contribution in [2.45, 2.75) is 26.3 Å². The average Bonchev–Trinajstić information content (AvgIpc) is 2.58. The second-order valence-corrected chi connectivity index (χ2v) is 6.40. The maximum Gasteiger partial charge on any atom is 0.269 e. The molecule has 0 aliphatic rings. The number of carbonyl (C=O) groups excluding carboxylic acids is 2. The molecule has 0 saturated heterocycles. The number of nitrogens with zero attached hydrogens (tertiary/aromatic N) is 1. The molecular weight excluding hydrogens is 300 g/mol. The van der Waals surface area contributed by atoms with Crippen molar-refractivity contribution in [3.8, 4) is 0 Å². The fraction of sp³-hybridized carbons (Fsp3) is 0.200. The summed E-state index contributed by atoms with van der Waals surface area (Å²) in [6, 6.07) is 18.4. The van der Waals surface area contributed by atoms with E-state index in [4.69, 9.17) is 0 Å². The lowest BCUT2D eigenvalue weighted by Gasteiger charge is -2.34. The number of carbonyl (C=O) groups is 2. The number of benzene rings is 2. The topological polar surface area (TPSA) is 49.4 Å². The highest BCUT2D eigenvalue weighted by atomic mass is 16.2. The summed E-state index contributed by atoms with van der Waals surface area (Å²) < 4.78 is 0. The summed E-state index contributed by atoms with van der Waals surface area (Å²) in [6.45, 7) is 5.60. The third-order valence-corrected chi connectivity index (χ3v) is 3.36. The number of rotatable bonds is 3. The molecule has 2 aromatic rings. The van der Waals surface area contributed by atoms with Crippen LogP contribution in [-0.2, 0) is 4.79 Å². The van der Waals surface area contributed by atoms with E-state index in [-0.39, 0.29) is 11.8 Å². The Morgan fingerprint density at radius 2 is 1.46 bits per heavy atom. The molecule has 1 N–H and O–H groups in total. The van der Waals surface area contributed by atoms with Crippen LogP contribution in [0.2, 0.25) is 0 Å². The maximum atomic E-state index is 12.6. The Morgan fingerprint density at radius 3 is 2.00 bits per heavy atom. The van der Waals surface area contributed by atoms with Gasteiger partial charge in [0.1, 0.15) is 0 Å². The predicted molar refractivity (Wildman–Crippen MR) is 96.0 cm³/mol. The van der Waals surface area contributed by atoms with Crippen molar-refractivity contribution < 1.29 is 9.59 Å². The Labute approximate surface area is 142 Å². The third kappa shape index (κ3) is 4.81. The van der Waals surface area contributed by atoms with Crippen LogP contribution in [-0.4, -0.2) is 22.4 Å². The van der Waals surface area contributed by atoms with E-state index in [2.05, 4.69) is 5.43 Å². The summed E-state index contributed by atoms with van der Waals surface area (Å²) in [4.78, 5) is 24.9. The summed E-state index contributed by atoms with van der Waals surface area (Å²) in [7, 11) is 0. The minimum Gasteiger partial charge on any atom is -0.268 e. The predicted octanol–water partition coefficient (Wildman–Crippen LogP) is 3.67. The van der Waals surface area contributed by atoms with Crippen LogP contribution in [0.5, 0.6) is 0 Å². The molecule has 0 spiro atoms. The quantitative estimate of drug-likeness (QED) is 0.692. The molecule has 24 heavy (non-hydrogen) atoms. The third-order valence-electron chi connectivity index (χ3n) is 3.36. The minimum atomic E-state index is -0.553. The standard InChI is InChI=1S/C20H22N2O2/c1-20(2,3)22(21-19(24)17-12-8-5-9-13-17)18(23)15-14-16-10-6-4-7-11-16/h4-15H,1-3H3,(H,21,24)/b15-14+. The first-order valence-corrected chi connectivity index (χ1v) is 7.81. The highest BCUT2D eigenvalue weighted by Gasteiger charge is 2.27. The molecule has 0 heterocycles. The van der Waals surface area contributed by atoms with Gasteiger partial charge in [-0.25, -0.2) is 5.01 Å². The highest BCUT2D eigenvalue weighted by Crippen LogP contribution is 2.13. The number of amides is 2. The Balaban J connectivity index is 2.15. The lowest BCUT2D eigenvalue weighted by atomic mass is 10.1. The molecule has 0 aromatic heterocycles. The lowest BCUT2D eigenvalue weighted by Crippen LogP contribution is -2.55. The first-order valence-electron chi connectivity index (χ1n) is 7.81. The van der Waals surface area contributed by atoms with Gasteiger partial charge >= 0.3 is 0 Å². The SMILES string of the molecule is CC(C)(C)N(NC(=O)c1ccccc1)C(=O)/C=C/c1ccccc1. The summed E-state index contributed by atoms with van der Waals surface area (Å²) in [6.07, 6.45) is 3.20. The van der Waals surface area contributed by atoms with Crippen molar-refractivity contribution in [3.05, 3.63) is 77.9 Å². The van der Waals surface area contributed by atoms with Crippen LogP contribution in [0, 0.1) is 0 Å². The zero-order valence-corrected chi connectivity index (χ0v) is 14.2. The Kier molecular flexibility index (Phi) is 5.53. The molecule has 0 atom stereocenters. The van der Waals surface area contributed by atoms with Gasteiger partial charge in [0.25, 0.3) is 11.8 Å². The van der Waals surface area contributed by atoms with Gasteiger partial charge in [0.2, 0.25) is 0 Å². The van der Waals surface area contributed by atoms with Gasteiger partial charge in [-0.3, -0.25) is 15.0 Å². The van der Waals surface area contributed by atoms with E-state index >= 15 is 0 Å². The van der Waals surface area contributed by atoms with Gasteiger partial charge < -0.3 is 0 Å². The van der Waals surface area contributed by atoms with Crippen molar-refractivity contribution in [2.75, 3.05) is 0 Å². The maximum absolute atomic E-state index is 12.6. The van der Waals surface area contributed by atoms with Crippen molar-refractivity contribution >= 4 is 17.9 Å². The number of hydrogen-bond acceptors (Lipinski definition) is 2. The minimum absolute atomic E-state index is 0.282. The number of hydrogen-bond donors (Lipinski definition) is 1. The smallest absolute Gasteiger partial charge is 0.268 e.